The lowest BCUT2D eigenvalue weighted by Gasteiger charge is -2.12. The Morgan fingerprint density at radius 2 is 1.77 bits per heavy atom. The largest absolute Gasteiger partial charge is 0.494 e. The van der Waals surface area contributed by atoms with Crippen molar-refractivity contribution in [1.29, 1.82) is 5.26 Å². The number of benzene rings is 4. The summed E-state index contributed by atoms with van der Waals surface area (Å²) in [7, 11) is 0. The Morgan fingerprint density at radius 3 is 2.54 bits per heavy atom. The molecule has 0 radical (unpaired) electrons. The predicted molar refractivity (Wildman–Crippen MR) is 142 cm³/mol. The minimum atomic E-state index is -0.503. The van der Waals surface area contributed by atoms with Crippen LogP contribution in [0.5, 0.6) is 11.5 Å². The van der Waals surface area contributed by atoms with Gasteiger partial charge in [0.15, 0.2) is 0 Å². The second-order valence-electron chi connectivity index (χ2n) is 7.69. The van der Waals surface area contributed by atoms with Gasteiger partial charge in [-0.15, -0.1) is 0 Å². The first kappa shape index (κ1) is 24.1. The van der Waals surface area contributed by atoms with E-state index in [0.29, 0.717) is 36.0 Å². The third kappa shape index (κ3) is 6.08. The second kappa shape index (κ2) is 11.4. The smallest absolute Gasteiger partial charge is 0.266 e. The maximum Gasteiger partial charge on any atom is 0.266 e. The van der Waals surface area contributed by atoms with Gasteiger partial charge in [-0.3, -0.25) is 4.79 Å². The summed E-state index contributed by atoms with van der Waals surface area (Å²) in [5.41, 5.74) is 2.21. The minimum Gasteiger partial charge on any atom is -0.494 e. The van der Waals surface area contributed by atoms with Gasteiger partial charge in [-0.2, -0.15) is 5.26 Å². The normalized spacial score (nSPS) is 11.1. The van der Waals surface area contributed by atoms with Crippen LogP contribution in [0.25, 0.3) is 16.8 Å². The minimum absolute atomic E-state index is 0.0352. The van der Waals surface area contributed by atoms with Gasteiger partial charge in [0, 0.05) is 15.7 Å². The molecule has 0 heterocycles. The summed E-state index contributed by atoms with van der Waals surface area (Å²) < 4.78 is 12.4. The van der Waals surface area contributed by atoms with Gasteiger partial charge >= 0.3 is 0 Å². The van der Waals surface area contributed by atoms with Crippen LogP contribution in [0.2, 0.25) is 0 Å². The Morgan fingerprint density at radius 1 is 1.00 bits per heavy atom. The lowest BCUT2D eigenvalue weighted by Crippen LogP contribution is -2.13. The topological polar surface area (TPSA) is 71.3 Å². The van der Waals surface area contributed by atoms with E-state index in [0.717, 1.165) is 20.8 Å². The van der Waals surface area contributed by atoms with Crippen LogP contribution in [0.4, 0.5) is 5.69 Å². The van der Waals surface area contributed by atoms with Gasteiger partial charge in [-0.1, -0.05) is 58.4 Å². The summed E-state index contributed by atoms with van der Waals surface area (Å²) in [6.07, 6.45) is 1.53. The first-order valence-electron chi connectivity index (χ1n) is 11.1. The van der Waals surface area contributed by atoms with E-state index in [-0.39, 0.29) is 5.57 Å². The lowest BCUT2D eigenvalue weighted by molar-refractivity contribution is -0.112. The molecule has 5 nitrogen and oxygen atoms in total. The number of anilines is 1. The van der Waals surface area contributed by atoms with E-state index in [9.17, 15) is 10.1 Å². The summed E-state index contributed by atoms with van der Waals surface area (Å²) in [5, 5.41) is 14.7. The Bertz CT molecular complexity index is 1420. The van der Waals surface area contributed by atoms with E-state index in [1.807, 2.05) is 55.5 Å². The molecule has 4 rings (SSSR count). The zero-order valence-electron chi connectivity index (χ0n) is 19.1. The van der Waals surface area contributed by atoms with Crippen molar-refractivity contribution in [2.45, 2.75) is 13.5 Å². The van der Waals surface area contributed by atoms with E-state index in [4.69, 9.17) is 9.47 Å². The van der Waals surface area contributed by atoms with Crippen molar-refractivity contribution in [2.75, 3.05) is 11.9 Å². The average molecular weight is 527 g/mol. The number of amides is 1. The number of carbonyl (C=O) groups is 1. The molecule has 35 heavy (non-hydrogen) atoms. The molecule has 0 aliphatic rings. The maximum absolute atomic E-state index is 12.8. The fraction of sp³-hybridized carbons (Fsp3) is 0.103. The summed E-state index contributed by atoms with van der Waals surface area (Å²) in [5.74, 6) is 0.781. The van der Waals surface area contributed by atoms with Gasteiger partial charge in [0.2, 0.25) is 0 Å². The molecule has 0 aliphatic carbocycles. The highest BCUT2D eigenvalue weighted by Gasteiger charge is 2.13. The highest BCUT2D eigenvalue weighted by atomic mass is 79.9. The summed E-state index contributed by atoms with van der Waals surface area (Å²) in [4.78, 5) is 12.8. The van der Waals surface area contributed by atoms with E-state index in [1.54, 1.807) is 24.3 Å². The third-order valence-electron chi connectivity index (χ3n) is 5.32. The number of fused-ring (bicyclic) bond motifs is 1. The zero-order valence-corrected chi connectivity index (χ0v) is 20.7. The fourth-order valence-electron chi connectivity index (χ4n) is 3.64. The molecule has 0 fully saturated rings. The van der Waals surface area contributed by atoms with Gasteiger partial charge < -0.3 is 14.8 Å². The van der Waals surface area contributed by atoms with Crippen LogP contribution in [0, 0.1) is 11.3 Å². The number of nitrogens with one attached hydrogen (secondary N) is 1. The van der Waals surface area contributed by atoms with Crippen LogP contribution in [0.15, 0.2) is 95.0 Å². The van der Waals surface area contributed by atoms with E-state index >= 15 is 0 Å². The molecule has 6 heteroatoms. The molecule has 1 amide bonds. The van der Waals surface area contributed by atoms with Crippen LogP contribution >= 0.6 is 15.9 Å². The number of nitriles is 1. The van der Waals surface area contributed by atoms with Crippen molar-refractivity contribution in [1.82, 2.24) is 0 Å². The van der Waals surface area contributed by atoms with E-state index in [2.05, 4.69) is 39.4 Å². The van der Waals surface area contributed by atoms with Gasteiger partial charge in [0.25, 0.3) is 5.91 Å². The SMILES string of the molecule is CCOc1ccc(NC(=O)/C(C#N)=C/c2cc(Br)ccc2OCc2cccc3ccccc23)cc1. The van der Waals surface area contributed by atoms with Crippen molar-refractivity contribution in [3.05, 3.63) is 106 Å². The number of nitrogens with zero attached hydrogens (tertiary/aromatic N) is 1. The number of ether oxygens (including phenoxy) is 2. The van der Waals surface area contributed by atoms with Crippen LogP contribution in [0.1, 0.15) is 18.1 Å². The maximum atomic E-state index is 12.8. The first-order chi connectivity index (χ1) is 17.1. The highest BCUT2D eigenvalue weighted by molar-refractivity contribution is 9.10. The monoisotopic (exact) mass is 526 g/mol. The van der Waals surface area contributed by atoms with Crippen molar-refractivity contribution in [3.8, 4) is 17.6 Å². The van der Waals surface area contributed by atoms with Crippen LogP contribution in [-0.4, -0.2) is 12.5 Å². The molecule has 174 valence electrons. The Balaban J connectivity index is 1.55. The molecular weight excluding hydrogens is 504 g/mol. The van der Waals surface area contributed by atoms with E-state index in [1.165, 1.54) is 6.08 Å². The quantitative estimate of drug-likeness (QED) is 0.196. The Kier molecular flexibility index (Phi) is 7.81. The standard InChI is InChI=1S/C29H23BrN2O3/c1-2-34-26-13-11-25(12-14-26)32-29(33)23(18-31)16-22-17-24(30)10-15-28(22)35-19-21-8-5-7-20-6-3-4-9-27(20)21/h3-17H,2,19H2,1H3,(H,32,33)/b23-16+. The van der Waals surface area contributed by atoms with Crippen molar-refractivity contribution < 1.29 is 14.3 Å². The van der Waals surface area contributed by atoms with Crippen molar-refractivity contribution in [2.24, 2.45) is 0 Å². The molecule has 0 spiro atoms. The Hall–Kier alpha value is -4.08. The van der Waals surface area contributed by atoms with E-state index < -0.39 is 5.91 Å². The molecular formula is C29H23BrN2O3. The first-order valence-corrected chi connectivity index (χ1v) is 11.9. The fourth-order valence-corrected chi connectivity index (χ4v) is 4.02. The predicted octanol–water partition coefficient (Wildman–Crippen LogP) is 7.13. The zero-order chi connectivity index (χ0) is 24.6. The van der Waals surface area contributed by atoms with Gasteiger partial charge in [-0.25, -0.2) is 0 Å². The highest BCUT2D eigenvalue weighted by Crippen LogP contribution is 2.28. The number of hydrogen-bond donors (Lipinski definition) is 1. The van der Waals surface area contributed by atoms with Gasteiger partial charge in [0.05, 0.1) is 6.61 Å². The Labute approximate surface area is 212 Å². The van der Waals surface area contributed by atoms with Crippen molar-refractivity contribution in [3.63, 3.8) is 0 Å². The lowest BCUT2D eigenvalue weighted by atomic mass is 10.1. The molecule has 0 saturated carbocycles. The van der Waals surface area contributed by atoms with Crippen LogP contribution in [0.3, 0.4) is 0 Å². The second-order valence-corrected chi connectivity index (χ2v) is 8.61. The molecule has 4 aromatic rings. The van der Waals surface area contributed by atoms with Gasteiger partial charge in [-0.05, 0) is 71.8 Å². The summed E-state index contributed by atoms with van der Waals surface area (Å²) >= 11 is 3.47. The summed E-state index contributed by atoms with van der Waals surface area (Å²) in [6, 6.07) is 28.7. The molecule has 0 bridgehead atoms. The molecule has 0 atom stereocenters. The molecule has 0 saturated heterocycles. The van der Waals surface area contributed by atoms with Crippen molar-refractivity contribution >= 4 is 44.4 Å². The molecule has 4 aromatic carbocycles. The third-order valence-corrected chi connectivity index (χ3v) is 5.82. The number of rotatable bonds is 8. The molecule has 0 unspecified atom stereocenters. The van der Waals surface area contributed by atoms with Gasteiger partial charge in [0.1, 0.15) is 29.7 Å². The molecule has 0 aliphatic heterocycles. The average Bonchev–Trinajstić information content (AvgIpc) is 2.88. The van der Waals surface area contributed by atoms with Crippen LogP contribution in [-0.2, 0) is 11.4 Å². The number of halogens is 1. The molecule has 0 aromatic heterocycles. The number of hydrogen-bond acceptors (Lipinski definition) is 4. The molecule has 1 N–H and O–H groups in total. The van der Waals surface area contributed by atoms with Crippen LogP contribution < -0.4 is 14.8 Å². The summed E-state index contributed by atoms with van der Waals surface area (Å²) in [6.45, 7) is 2.82. The number of carbonyl (C=O) groups excluding carboxylic acids is 1.